The van der Waals surface area contributed by atoms with Crippen molar-refractivity contribution in [3.63, 3.8) is 0 Å². The Labute approximate surface area is 133 Å². The highest BCUT2D eigenvalue weighted by molar-refractivity contribution is 7.38. The topological polar surface area (TPSA) is 44.1 Å². The second-order valence-electron chi connectivity index (χ2n) is 6.90. The quantitative estimate of drug-likeness (QED) is 0.720. The first-order valence-electron chi connectivity index (χ1n) is 7.86. The normalized spacial score (nSPS) is 14.2. The van der Waals surface area contributed by atoms with Crippen molar-refractivity contribution in [3.05, 3.63) is 29.6 Å². The van der Waals surface area contributed by atoms with Crippen LogP contribution in [-0.2, 0) is 14.8 Å². The lowest BCUT2D eigenvalue weighted by Crippen LogP contribution is -2.29. The molecule has 0 aliphatic rings. The zero-order chi connectivity index (χ0) is 16.7. The van der Waals surface area contributed by atoms with E-state index in [1.54, 1.807) is 6.66 Å². The van der Waals surface area contributed by atoms with Gasteiger partial charge in [0.1, 0.15) is 11.5 Å². The summed E-state index contributed by atoms with van der Waals surface area (Å²) in [6, 6.07) is 6.37. The predicted molar refractivity (Wildman–Crippen MR) is 93.2 cm³/mol. The standard InChI is InChI=1S/C17H27N2O2P/c1-11(2)13-8-9-14-15(10-13)19(16(18-14)12(3)4)17(5,6)21-22(7)20/h8-12,22H,1-7H3. The summed E-state index contributed by atoms with van der Waals surface area (Å²) in [5.41, 5.74) is 2.59. The lowest BCUT2D eigenvalue weighted by molar-refractivity contribution is 0.0418. The second kappa shape index (κ2) is 6.17. The molecule has 0 spiro atoms. The molecule has 0 amide bonds. The van der Waals surface area contributed by atoms with E-state index in [2.05, 4.69) is 50.5 Å². The van der Waals surface area contributed by atoms with Crippen LogP contribution in [0.1, 0.15) is 64.8 Å². The SMILES string of the molecule is CC(C)c1ccc2nc(C(C)C)n(C(C)(C)O[PH](C)=O)c2c1. The van der Waals surface area contributed by atoms with Gasteiger partial charge in [0.05, 0.1) is 11.0 Å². The van der Waals surface area contributed by atoms with Crippen LogP contribution in [0.4, 0.5) is 0 Å². The van der Waals surface area contributed by atoms with Crippen LogP contribution in [0.2, 0.25) is 0 Å². The van der Waals surface area contributed by atoms with E-state index in [1.165, 1.54) is 5.56 Å². The van der Waals surface area contributed by atoms with Gasteiger partial charge in [0.15, 0.2) is 8.03 Å². The van der Waals surface area contributed by atoms with Crippen LogP contribution < -0.4 is 0 Å². The largest absolute Gasteiger partial charge is 0.304 e. The number of hydrogen-bond donors (Lipinski definition) is 0. The Morgan fingerprint density at radius 1 is 1.18 bits per heavy atom. The van der Waals surface area contributed by atoms with Gasteiger partial charge in [-0.15, -0.1) is 0 Å². The molecule has 0 fully saturated rings. The Kier molecular flexibility index (Phi) is 4.84. The van der Waals surface area contributed by atoms with Crippen molar-refractivity contribution < 1.29 is 9.09 Å². The molecule has 4 nitrogen and oxygen atoms in total. The highest BCUT2D eigenvalue weighted by Crippen LogP contribution is 2.36. The van der Waals surface area contributed by atoms with Gasteiger partial charge in [0.25, 0.3) is 0 Å². The molecule has 1 heterocycles. The van der Waals surface area contributed by atoms with Crippen molar-refractivity contribution in [1.29, 1.82) is 0 Å². The molecule has 1 aromatic carbocycles. The summed E-state index contributed by atoms with van der Waals surface area (Å²) in [7, 11) is -2.05. The molecule has 0 radical (unpaired) electrons. The molecule has 0 N–H and O–H groups in total. The number of benzene rings is 1. The van der Waals surface area contributed by atoms with Crippen LogP contribution in [0.3, 0.4) is 0 Å². The molecule has 0 saturated heterocycles. The highest BCUT2D eigenvalue weighted by atomic mass is 31.1. The van der Waals surface area contributed by atoms with Gasteiger partial charge in [0.2, 0.25) is 0 Å². The van der Waals surface area contributed by atoms with Crippen molar-refractivity contribution in [3.8, 4) is 0 Å². The monoisotopic (exact) mass is 322 g/mol. The van der Waals surface area contributed by atoms with Gasteiger partial charge in [-0.25, -0.2) is 4.98 Å². The van der Waals surface area contributed by atoms with E-state index in [0.29, 0.717) is 5.92 Å². The van der Waals surface area contributed by atoms with Crippen LogP contribution in [-0.4, -0.2) is 16.2 Å². The van der Waals surface area contributed by atoms with Crippen LogP contribution in [0.15, 0.2) is 18.2 Å². The third kappa shape index (κ3) is 3.28. The highest BCUT2D eigenvalue weighted by Gasteiger charge is 2.29. The van der Waals surface area contributed by atoms with Crippen molar-refractivity contribution >= 4 is 19.1 Å². The molecule has 22 heavy (non-hydrogen) atoms. The molecule has 1 aromatic heterocycles. The third-order valence-corrected chi connectivity index (χ3v) is 4.61. The van der Waals surface area contributed by atoms with Gasteiger partial charge in [-0.3, -0.25) is 9.13 Å². The molecule has 0 saturated carbocycles. The minimum atomic E-state index is -2.05. The zero-order valence-corrected chi connectivity index (χ0v) is 15.6. The van der Waals surface area contributed by atoms with E-state index in [1.807, 2.05) is 13.8 Å². The smallest absolute Gasteiger partial charge is 0.190 e. The fraction of sp³-hybridized carbons (Fsp3) is 0.588. The van der Waals surface area contributed by atoms with Crippen LogP contribution in [0, 0.1) is 0 Å². The van der Waals surface area contributed by atoms with E-state index in [0.717, 1.165) is 16.9 Å². The summed E-state index contributed by atoms with van der Waals surface area (Å²) in [6.07, 6.45) is 0. The van der Waals surface area contributed by atoms with Gasteiger partial charge in [-0.2, -0.15) is 0 Å². The molecular formula is C17H27N2O2P. The molecule has 0 aliphatic heterocycles. The van der Waals surface area contributed by atoms with Gasteiger partial charge >= 0.3 is 0 Å². The number of aromatic nitrogens is 2. The molecular weight excluding hydrogens is 295 g/mol. The summed E-state index contributed by atoms with van der Waals surface area (Å²) in [4.78, 5) is 4.78. The minimum absolute atomic E-state index is 0.261. The Bertz CT molecular complexity index is 702. The Morgan fingerprint density at radius 2 is 1.82 bits per heavy atom. The van der Waals surface area contributed by atoms with Crippen molar-refractivity contribution in [2.45, 2.75) is 59.1 Å². The predicted octanol–water partition coefficient (Wildman–Crippen LogP) is 5.10. The van der Waals surface area contributed by atoms with Crippen molar-refractivity contribution in [2.75, 3.05) is 6.66 Å². The van der Waals surface area contributed by atoms with E-state index >= 15 is 0 Å². The fourth-order valence-corrected chi connectivity index (χ4v) is 3.62. The van der Waals surface area contributed by atoms with E-state index in [9.17, 15) is 4.57 Å². The zero-order valence-electron chi connectivity index (χ0n) is 14.6. The van der Waals surface area contributed by atoms with Gasteiger partial charge < -0.3 is 4.52 Å². The minimum Gasteiger partial charge on any atom is -0.304 e. The number of nitrogens with zero attached hydrogens (tertiary/aromatic N) is 2. The molecule has 1 atom stereocenters. The molecule has 0 aliphatic carbocycles. The van der Waals surface area contributed by atoms with E-state index in [-0.39, 0.29) is 5.92 Å². The average Bonchev–Trinajstić information content (AvgIpc) is 2.76. The molecule has 0 bridgehead atoms. The third-order valence-electron chi connectivity index (χ3n) is 3.82. The first-order valence-corrected chi connectivity index (χ1v) is 9.67. The number of imidazole rings is 1. The Balaban J connectivity index is 2.74. The summed E-state index contributed by atoms with van der Waals surface area (Å²) < 4.78 is 19.5. The fourth-order valence-electron chi connectivity index (χ4n) is 2.82. The first-order chi connectivity index (χ1) is 10.1. The van der Waals surface area contributed by atoms with Crippen molar-refractivity contribution in [2.24, 2.45) is 0 Å². The maximum atomic E-state index is 11.7. The maximum Gasteiger partial charge on any atom is 0.190 e. The molecule has 122 valence electrons. The van der Waals surface area contributed by atoms with Gasteiger partial charge in [-0.1, -0.05) is 33.8 Å². The lowest BCUT2D eigenvalue weighted by Gasteiger charge is -2.29. The Hall–Kier alpha value is -1.12. The lowest BCUT2D eigenvalue weighted by atomic mass is 10.0. The second-order valence-corrected chi connectivity index (χ2v) is 8.09. The van der Waals surface area contributed by atoms with Crippen LogP contribution >= 0.6 is 8.03 Å². The van der Waals surface area contributed by atoms with Crippen molar-refractivity contribution in [1.82, 2.24) is 9.55 Å². The number of fused-ring (bicyclic) bond motifs is 1. The van der Waals surface area contributed by atoms with Crippen LogP contribution in [0.25, 0.3) is 11.0 Å². The van der Waals surface area contributed by atoms with Gasteiger partial charge in [-0.05, 0) is 37.5 Å². The number of rotatable bonds is 5. The van der Waals surface area contributed by atoms with Crippen LogP contribution in [0.5, 0.6) is 0 Å². The first kappa shape index (κ1) is 17.2. The molecule has 2 rings (SSSR count). The summed E-state index contributed by atoms with van der Waals surface area (Å²) in [5, 5.41) is 0. The maximum absolute atomic E-state index is 11.7. The summed E-state index contributed by atoms with van der Waals surface area (Å²) in [5.74, 6) is 1.67. The average molecular weight is 322 g/mol. The van der Waals surface area contributed by atoms with E-state index < -0.39 is 13.8 Å². The molecule has 5 heteroatoms. The molecule has 1 unspecified atom stereocenters. The number of hydrogen-bond acceptors (Lipinski definition) is 3. The summed E-state index contributed by atoms with van der Waals surface area (Å²) in [6.45, 7) is 14.1. The summed E-state index contributed by atoms with van der Waals surface area (Å²) >= 11 is 0. The molecule has 2 aromatic rings. The van der Waals surface area contributed by atoms with E-state index in [4.69, 9.17) is 9.51 Å². The Morgan fingerprint density at radius 3 is 2.32 bits per heavy atom. The van der Waals surface area contributed by atoms with Gasteiger partial charge in [0, 0.05) is 12.6 Å².